The van der Waals surface area contributed by atoms with Gasteiger partial charge in [0.25, 0.3) is 0 Å². The molecule has 3 N–H and O–H groups in total. The van der Waals surface area contributed by atoms with Crippen LogP contribution in [0.4, 0.5) is 0 Å². The molecule has 2 heterocycles. The molecule has 3 aromatic rings. The number of hydrogen-bond donors (Lipinski definition) is 3. The molecular formula is C25H24O6. The van der Waals surface area contributed by atoms with E-state index in [4.69, 9.17) is 9.15 Å². The topological polar surface area (TPSA) is 100 Å². The van der Waals surface area contributed by atoms with Gasteiger partial charge in [0, 0.05) is 30.5 Å². The van der Waals surface area contributed by atoms with Gasteiger partial charge in [0.2, 0.25) is 0 Å². The summed E-state index contributed by atoms with van der Waals surface area (Å²) in [5, 5.41) is 31.0. The van der Waals surface area contributed by atoms with Gasteiger partial charge in [0.1, 0.15) is 40.4 Å². The van der Waals surface area contributed by atoms with Crippen molar-refractivity contribution in [3.05, 3.63) is 74.6 Å². The summed E-state index contributed by atoms with van der Waals surface area (Å²) in [6.07, 6.45) is 3.86. The van der Waals surface area contributed by atoms with Crippen LogP contribution < -0.4 is 10.2 Å². The van der Waals surface area contributed by atoms with E-state index < -0.39 is 23.7 Å². The van der Waals surface area contributed by atoms with Gasteiger partial charge in [0.05, 0.1) is 6.10 Å². The van der Waals surface area contributed by atoms with Gasteiger partial charge in [-0.25, -0.2) is 0 Å². The number of aryl methyl sites for hydroxylation is 1. The fourth-order valence-electron chi connectivity index (χ4n) is 4.70. The van der Waals surface area contributed by atoms with Crippen LogP contribution in [0.25, 0.3) is 17.0 Å². The predicted octanol–water partition coefficient (Wildman–Crippen LogP) is 3.47. The Morgan fingerprint density at radius 3 is 2.81 bits per heavy atom. The van der Waals surface area contributed by atoms with Crippen molar-refractivity contribution in [3.8, 4) is 11.5 Å². The molecular weight excluding hydrogens is 396 g/mol. The van der Waals surface area contributed by atoms with Gasteiger partial charge in [0.15, 0.2) is 5.43 Å². The number of aromatic hydroxyl groups is 1. The summed E-state index contributed by atoms with van der Waals surface area (Å²) >= 11 is 0. The zero-order valence-corrected chi connectivity index (χ0v) is 17.2. The SMILES string of the molecule is C[C@]1(CC2=Cc3ccccc3CC2)Oc2cc3oc(CO)cc(=O)c3c(O)c2C[C@H]1O. The van der Waals surface area contributed by atoms with E-state index in [0.29, 0.717) is 17.7 Å². The highest BCUT2D eigenvalue weighted by molar-refractivity contribution is 5.87. The molecule has 0 fully saturated rings. The number of aliphatic hydroxyl groups is 2. The molecule has 2 aliphatic rings. The molecule has 0 spiro atoms. The lowest BCUT2D eigenvalue weighted by atomic mass is 9.80. The number of aliphatic hydroxyl groups excluding tert-OH is 2. The highest BCUT2D eigenvalue weighted by atomic mass is 16.5. The highest BCUT2D eigenvalue weighted by Crippen LogP contribution is 2.44. The summed E-state index contributed by atoms with van der Waals surface area (Å²) in [5.41, 5.74) is 2.92. The minimum atomic E-state index is -0.889. The van der Waals surface area contributed by atoms with Gasteiger partial charge >= 0.3 is 0 Å². The van der Waals surface area contributed by atoms with Crippen molar-refractivity contribution in [2.45, 2.75) is 50.9 Å². The quantitative estimate of drug-likeness (QED) is 0.600. The Kier molecular flexibility index (Phi) is 4.64. The summed E-state index contributed by atoms with van der Waals surface area (Å²) in [4.78, 5) is 12.4. The Bertz CT molecular complexity index is 1270. The Morgan fingerprint density at radius 1 is 1.19 bits per heavy atom. The van der Waals surface area contributed by atoms with Gasteiger partial charge in [-0.3, -0.25) is 4.79 Å². The summed E-state index contributed by atoms with van der Waals surface area (Å²) in [6.45, 7) is 1.44. The number of hydrogen-bond acceptors (Lipinski definition) is 6. The first-order chi connectivity index (χ1) is 14.9. The number of ether oxygens (including phenoxy) is 1. The van der Waals surface area contributed by atoms with Crippen LogP contribution in [0.5, 0.6) is 11.5 Å². The smallest absolute Gasteiger partial charge is 0.196 e. The molecule has 31 heavy (non-hydrogen) atoms. The van der Waals surface area contributed by atoms with Crippen molar-refractivity contribution in [2.75, 3.05) is 0 Å². The Morgan fingerprint density at radius 2 is 2.00 bits per heavy atom. The number of benzene rings is 2. The molecule has 2 aromatic carbocycles. The van der Waals surface area contributed by atoms with Crippen molar-refractivity contribution in [2.24, 2.45) is 0 Å². The normalized spacial score (nSPS) is 22.4. The van der Waals surface area contributed by atoms with Crippen LogP contribution in [0.2, 0.25) is 0 Å². The van der Waals surface area contributed by atoms with Crippen LogP contribution in [0, 0.1) is 0 Å². The minimum Gasteiger partial charge on any atom is -0.507 e. The van der Waals surface area contributed by atoms with E-state index in [-0.39, 0.29) is 28.9 Å². The molecule has 1 aliphatic heterocycles. The molecule has 6 heteroatoms. The van der Waals surface area contributed by atoms with Crippen LogP contribution in [-0.4, -0.2) is 27.0 Å². The molecule has 2 atom stereocenters. The lowest BCUT2D eigenvalue weighted by molar-refractivity contribution is -0.0543. The molecule has 5 rings (SSSR count). The Labute approximate surface area is 179 Å². The van der Waals surface area contributed by atoms with Crippen molar-refractivity contribution >= 4 is 17.0 Å². The van der Waals surface area contributed by atoms with Gasteiger partial charge in [-0.05, 0) is 30.9 Å². The summed E-state index contributed by atoms with van der Waals surface area (Å²) in [6, 6.07) is 11.0. The predicted molar refractivity (Wildman–Crippen MR) is 116 cm³/mol. The maximum atomic E-state index is 12.4. The summed E-state index contributed by atoms with van der Waals surface area (Å²) in [5.74, 6) is 0.256. The molecule has 6 nitrogen and oxygen atoms in total. The van der Waals surface area contributed by atoms with Crippen molar-refractivity contribution in [1.29, 1.82) is 0 Å². The number of phenolic OH excluding ortho intramolecular Hbond substituents is 1. The second-order valence-corrected chi connectivity index (χ2v) is 8.62. The standard InChI is InChI=1S/C25H24O6/c1-25(12-14-6-7-15-4-2-3-5-16(15)8-14)22(28)10-18-20(31-25)11-21-23(24(18)29)19(27)9-17(13-26)30-21/h2-5,8-9,11,22,26,28-29H,6-7,10,12-13H2,1H3/t22-,25-/m1/s1. The first-order valence-corrected chi connectivity index (χ1v) is 10.4. The fourth-order valence-corrected chi connectivity index (χ4v) is 4.70. The molecule has 0 saturated carbocycles. The third kappa shape index (κ3) is 3.32. The lowest BCUT2D eigenvalue weighted by Gasteiger charge is -2.41. The van der Waals surface area contributed by atoms with E-state index in [0.717, 1.165) is 18.9 Å². The number of phenols is 1. The lowest BCUT2D eigenvalue weighted by Crippen LogP contribution is -2.49. The summed E-state index contributed by atoms with van der Waals surface area (Å²) < 4.78 is 11.8. The van der Waals surface area contributed by atoms with Crippen LogP contribution in [0.3, 0.4) is 0 Å². The minimum absolute atomic E-state index is 0.0296. The molecule has 1 aliphatic carbocycles. The van der Waals surface area contributed by atoms with Gasteiger partial charge in [-0.2, -0.15) is 0 Å². The van der Waals surface area contributed by atoms with Gasteiger partial charge in [-0.15, -0.1) is 0 Å². The molecule has 0 radical (unpaired) electrons. The molecule has 0 amide bonds. The Hall–Kier alpha value is -3.09. The highest BCUT2D eigenvalue weighted by Gasteiger charge is 2.42. The van der Waals surface area contributed by atoms with Crippen molar-refractivity contribution in [1.82, 2.24) is 0 Å². The number of rotatable bonds is 3. The monoisotopic (exact) mass is 420 g/mol. The van der Waals surface area contributed by atoms with E-state index in [9.17, 15) is 20.1 Å². The van der Waals surface area contributed by atoms with E-state index in [1.807, 2.05) is 19.1 Å². The average Bonchev–Trinajstić information content (AvgIpc) is 2.75. The van der Waals surface area contributed by atoms with Gasteiger partial charge in [-0.1, -0.05) is 35.9 Å². The first-order valence-electron chi connectivity index (χ1n) is 10.4. The maximum Gasteiger partial charge on any atom is 0.196 e. The van der Waals surface area contributed by atoms with Crippen molar-refractivity contribution < 1.29 is 24.5 Å². The maximum absolute atomic E-state index is 12.4. The third-order valence-corrected chi connectivity index (χ3v) is 6.42. The first kappa shape index (κ1) is 19.8. The van der Waals surface area contributed by atoms with Gasteiger partial charge < -0.3 is 24.5 Å². The molecule has 0 bridgehead atoms. The Balaban J connectivity index is 1.53. The van der Waals surface area contributed by atoms with Crippen LogP contribution in [0.15, 0.2) is 51.2 Å². The number of fused-ring (bicyclic) bond motifs is 3. The van der Waals surface area contributed by atoms with E-state index >= 15 is 0 Å². The van der Waals surface area contributed by atoms with Crippen LogP contribution in [0.1, 0.15) is 42.2 Å². The van der Waals surface area contributed by atoms with Crippen LogP contribution >= 0.6 is 0 Å². The zero-order valence-electron chi connectivity index (χ0n) is 17.2. The van der Waals surface area contributed by atoms with E-state index in [2.05, 4.69) is 18.2 Å². The zero-order chi connectivity index (χ0) is 21.8. The fraction of sp³-hybridized carbons (Fsp3) is 0.320. The van der Waals surface area contributed by atoms with E-state index in [1.54, 1.807) is 6.07 Å². The molecule has 160 valence electrons. The molecule has 0 unspecified atom stereocenters. The average molecular weight is 420 g/mol. The van der Waals surface area contributed by atoms with Crippen LogP contribution in [-0.2, 0) is 19.4 Å². The second kappa shape index (κ2) is 7.25. The second-order valence-electron chi connectivity index (χ2n) is 8.62. The van der Waals surface area contributed by atoms with E-state index in [1.165, 1.54) is 16.7 Å². The van der Waals surface area contributed by atoms with Crippen molar-refractivity contribution in [3.63, 3.8) is 0 Å². The molecule has 1 aromatic heterocycles. The molecule has 0 saturated heterocycles. The largest absolute Gasteiger partial charge is 0.507 e. The summed E-state index contributed by atoms with van der Waals surface area (Å²) in [7, 11) is 0. The third-order valence-electron chi connectivity index (χ3n) is 6.42.